The van der Waals surface area contributed by atoms with Crippen LogP contribution in [-0.2, 0) is 20.9 Å². The van der Waals surface area contributed by atoms with Gasteiger partial charge in [-0.1, -0.05) is 25.7 Å². The van der Waals surface area contributed by atoms with E-state index in [2.05, 4.69) is 20.2 Å². The molecule has 0 spiro atoms. The van der Waals surface area contributed by atoms with Crippen molar-refractivity contribution in [2.45, 2.75) is 64.5 Å². The van der Waals surface area contributed by atoms with Crippen LogP contribution in [0.3, 0.4) is 0 Å². The fourth-order valence-electron chi connectivity index (χ4n) is 5.79. The Morgan fingerprint density at radius 2 is 1.97 bits per heavy atom. The van der Waals surface area contributed by atoms with Gasteiger partial charge in [-0.05, 0) is 32.1 Å². The number of morpholine rings is 1. The predicted molar refractivity (Wildman–Crippen MR) is 131 cm³/mol. The van der Waals surface area contributed by atoms with Crippen LogP contribution in [0.1, 0.15) is 56.5 Å². The number of aromatic nitrogens is 2. The highest BCUT2D eigenvalue weighted by molar-refractivity contribution is 5.79. The average Bonchev–Trinajstić information content (AvgIpc) is 3.56. The number of rotatable bonds is 11. The molecule has 1 aromatic rings. The van der Waals surface area contributed by atoms with Crippen LogP contribution in [-0.4, -0.2) is 89.4 Å². The summed E-state index contributed by atoms with van der Waals surface area (Å²) in [6.07, 6.45) is 7.19. The number of ether oxygens (including phenoxy) is 1. The van der Waals surface area contributed by atoms with E-state index in [-0.39, 0.29) is 30.7 Å². The minimum atomic E-state index is -0.565. The molecule has 2 N–H and O–H groups in total. The molecule has 2 amide bonds. The van der Waals surface area contributed by atoms with Crippen molar-refractivity contribution in [3.8, 4) is 0 Å². The van der Waals surface area contributed by atoms with E-state index in [1.54, 1.807) is 6.92 Å². The zero-order chi connectivity index (χ0) is 25.5. The lowest BCUT2D eigenvalue weighted by Gasteiger charge is -2.33. The van der Waals surface area contributed by atoms with Crippen molar-refractivity contribution in [2.24, 2.45) is 11.8 Å². The zero-order valence-electron chi connectivity index (χ0n) is 21.2. The summed E-state index contributed by atoms with van der Waals surface area (Å²) < 4.78 is 21.1. The number of nitrogens with zero attached hydrogens (tertiary/aromatic N) is 5. The van der Waals surface area contributed by atoms with Crippen LogP contribution in [0.25, 0.3) is 0 Å². The molecule has 3 aliphatic rings. The number of carbonyl (C=O) groups is 2. The van der Waals surface area contributed by atoms with Crippen LogP contribution in [0.15, 0.2) is 0 Å². The molecule has 3 heterocycles. The van der Waals surface area contributed by atoms with Crippen LogP contribution in [0, 0.1) is 24.6 Å². The van der Waals surface area contributed by atoms with Crippen LogP contribution in [0.5, 0.6) is 0 Å². The molecule has 4 rings (SSSR count). The van der Waals surface area contributed by atoms with E-state index in [1.807, 2.05) is 4.90 Å². The zero-order valence-corrected chi connectivity index (χ0v) is 21.2. The molecule has 1 aromatic heterocycles. The molecule has 36 heavy (non-hydrogen) atoms. The van der Waals surface area contributed by atoms with Gasteiger partial charge in [-0.3, -0.25) is 19.7 Å². The lowest BCUT2D eigenvalue weighted by atomic mass is 9.92. The van der Waals surface area contributed by atoms with Gasteiger partial charge in [0.1, 0.15) is 11.5 Å². The van der Waals surface area contributed by atoms with Crippen LogP contribution >= 0.6 is 0 Å². The second kappa shape index (κ2) is 12.7. The van der Waals surface area contributed by atoms with Gasteiger partial charge in [-0.25, -0.2) is 19.4 Å². The Hall–Kier alpha value is -2.37. The van der Waals surface area contributed by atoms with Gasteiger partial charge in [-0.2, -0.15) is 0 Å². The van der Waals surface area contributed by atoms with Crippen LogP contribution in [0.4, 0.5) is 10.2 Å². The van der Waals surface area contributed by atoms with Crippen molar-refractivity contribution in [3.05, 3.63) is 17.3 Å². The van der Waals surface area contributed by atoms with Gasteiger partial charge in [0, 0.05) is 32.2 Å². The summed E-state index contributed by atoms with van der Waals surface area (Å²) in [6.45, 7) is 6.35. The van der Waals surface area contributed by atoms with E-state index >= 15 is 4.39 Å². The van der Waals surface area contributed by atoms with Gasteiger partial charge in [0.2, 0.25) is 12.3 Å². The topological polar surface area (TPSA) is 111 Å². The van der Waals surface area contributed by atoms with Gasteiger partial charge in [0.15, 0.2) is 11.6 Å². The molecular formula is C25H39FN6O4. The molecule has 2 aliphatic heterocycles. The number of halogens is 1. The van der Waals surface area contributed by atoms with Crippen molar-refractivity contribution in [2.75, 3.05) is 50.8 Å². The first kappa shape index (κ1) is 26.7. The summed E-state index contributed by atoms with van der Waals surface area (Å²) in [4.78, 5) is 37.1. The molecule has 10 nitrogen and oxygen atoms in total. The first-order valence-corrected chi connectivity index (χ1v) is 13.2. The number of anilines is 1. The lowest BCUT2D eigenvalue weighted by molar-refractivity contribution is -0.155. The summed E-state index contributed by atoms with van der Waals surface area (Å²) in [5.41, 5.74) is 0.152. The number of nitrogens with one attached hydrogen (secondary N) is 1. The van der Waals surface area contributed by atoms with Gasteiger partial charge in [0.25, 0.3) is 0 Å². The quantitative estimate of drug-likeness (QED) is 0.266. The molecule has 1 saturated carbocycles. The molecule has 0 radical (unpaired) electrons. The number of hydrogen-bond donors (Lipinski definition) is 2. The smallest absolute Gasteiger partial charge is 0.233 e. The highest BCUT2D eigenvalue weighted by Gasteiger charge is 2.32. The second-order valence-corrected chi connectivity index (χ2v) is 10.3. The average molecular weight is 507 g/mol. The summed E-state index contributed by atoms with van der Waals surface area (Å²) in [7, 11) is 0. The standard InChI is InChI=1S/C25H39FN6O4/c1-18-28-22(14-27-25(34)20(15-31(35)17-33)13-19-5-2-3-6-19)23(26)24(29-18)32-8-4-7-21(32)16-30-9-11-36-12-10-30/h17,19-21,35H,2-16H2,1H3,(H,27,34)/t20-,21+/m1/s1. The Kier molecular flexibility index (Phi) is 9.44. The summed E-state index contributed by atoms with van der Waals surface area (Å²) >= 11 is 0. The molecule has 200 valence electrons. The third kappa shape index (κ3) is 6.89. The third-order valence-electron chi connectivity index (χ3n) is 7.66. The number of aryl methyl sites for hydroxylation is 1. The molecule has 2 saturated heterocycles. The fourth-order valence-corrected chi connectivity index (χ4v) is 5.79. The van der Waals surface area contributed by atoms with Gasteiger partial charge in [-0.15, -0.1) is 0 Å². The Balaban J connectivity index is 1.43. The maximum Gasteiger partial charge on any atom is 0.233 e. The molecule has 1 aliphatic carbocycles. The van der Waals surface area contributed by atoms with Gasteiger partial charge < -0.3 is 15.0 Å². The monoisotopic (exact) mass is 506 g/mol. The van der Waals surface area contributed by atoms with Gasteiger partial charge in [0.05, 0.1) is 32.2 Å². The van der Waals surface area contributed by atoms with Crippen molar-refractivity contribution >= 4 is 18.1 Å². The number of hydroxylamine groups is 2. The third-order valence-corrected chi connectivity index (χ3v) is 7.66. The first-order chi connectivity index (χ1) is 17.4. The van der Waals surface area contributed by atoms with E-state index < -0.39 is 11.7 Å². The van der Waals surface area contributed by atoms with Crippen molar-refractivity contribution in [1.29, 1.82) is 0 Å². The Morgan fingerprint density at radius 3 is 2.69 bits per heavy atom. The molecule has 0 unspecified atom stereocenters. The molecule has 3 fully saturated rings. The lowest BCUT2D eigenvalue weighted by Crippen LogP contribution is -2.45. The summed E-state index contributed by atoms with van der Waals surface area (Å²) in [5.74, 6) is -0.232. The Bertz CT molecular complexity index is 894. The summed E-state index contributed by atoms with van der Waals surface area (Å²) in [6, 6.07) is 0.170. The number of hydrogen-bond acceptors (Lipinski definition) is 8. The number of amides is 2. The van der Waals surface area contributed by atoms with Crippen molar-refractivity contribution in [1.82, 2.24) is 25.2 Å². The van der Waals surface area contributed by atoms with E-state index in [4.69, 9.17) is 4.74 Å². The van der Waals surface area contributed by atoms with E-state index in [0.29, 0.717) is 35.5 Å². The fraction of sp³-hybridized carbons (Fsp3) is 0.760. The highest BCUT2D eigenvalue weighted by Crippen LogP contribution is 2.31. The van der Waals surface area contributed by atoms with Crippen LogP contribution in [0.2, 0.25) is 0 Å². The largest absolute Gasteiger partial charge is 0.379 e. The minimum absolute atomic E-state index is 0.0727. The highest BCUT2D eigenvalue weighted by atomic mass is 19.1. The molecule has 11 heteroatoms. The molecule has 2 atom stereocenters. The van der Waals surface area contributed by atoms with Gasteiger partial charge >= 0.3 is 0 Å². The van der Waals surface area contributed by atoms with Crippen molar-refractivity contribution in [3.63, 3.8) is 0 Å². The van der Waals surface area contributed by atoms with Crippen molar-refractivity contribution < 1.29 is 23.9 Å². The first-order valence-electron chi connectivity index (χ1n) is 13.2. The summed E-state index contributed by atoms with van der Waals surface area (Å²) in [5, 5.41) is 13.0. The van der Waals surface area contributed by atoms with Crippen LogP contribution < -0.4 is 10.2 Å². The Labute approximate surface area is 212 Å². The molecule has 0 bridgehead atoms. The predicted octanol–water partition coefficient (Wildman–Crippen LogP) is 1.89. The SMILES string of the molecule is Cc1nc(CNC(=O)[C@H](CC2CCCC2)CN(O)C=O)c(F)c(N2CCC[C@H]2CN2CCOCC2)n1. The normalized spacial score (nSPS) is 22.1. The molecule has 0 aromatic carbocycles. The second-order valence-electron chi connectivity index (χ2n) is 10.3. The molecular weight excluding hydrogens is 467 g/mol. The minimum Gasteiger partial charge on any atom is -0.379 e. The Morgan fingerprint density at radius 1 is 1.22 bits per heavy atom. The van der Waals surface area contributed by atoms with E-state index in [0.717, 1.165) is 77.9 Å². The maximum absolute atomic E-state index is 15.7. The maximum atomic E-state index is 15.7. The van der Waals surface area contributed by atoms with E-state index in [9.17, 15) is 14.8 Å². The van der Waals surface area contributed by atoms with E-state index in [1.165, 1.54) is 0 Å². The number of carbonyl (C=O) groups excluding carboxylic acids is 2.